The van der Waals surface area contributed by atoms with Crippen LogP contribution < -0.4 is 10.5 Å². The predicted octanol–water partition coefficient (Wildman–Crippen LogP) is 0.532. The van der Waals surface area contributed by atoms with Crippen LogP contribution in [-0.4, -0.2) is 16.6 Å². The minimum Gasteiger partial charge on any atom is -0.414 e. The third kappa shape index (κ3) is 2.23. The Kier molecular flexibility index (Phi) is 2.54. The van der Waals surface area contributed by atoms with Crippen LogP contribution in [0.25, 0.3) is 0 Å². The Morgan fingerprint density at radius 3 is 2.85 bits per heavy atom. The van der Waals surface area contributed by atoms with Crippen LogP contribution >= 0.6 is 0 Å². The Morgan fingerprint density at radius 2 is 2.31 bits per heavy atom. The molecule has 13 heavy (non-hydrogen) atoms. The summed E-state index contributed by atoms with van der Waals surface area (Å²) in [5.41, 5.74) is 4.81. The summed E-state index contributed by atoms with van der Waals surface area (Å²) in [4.78, 5) is 6.82. The third-order valence-corrected chi connectivity index (χ3v) is 1.06. The highest BCUT2D eigenvalue weighted by molar-refractivity contribution is 5.37. The number of halogens is 2. The highest BCUT2D eigenvalue weighted by Crippen LogP contribution is 2.14. The number of nitrogens with two attached hydrogens (primary N) is 1. The van der Waals surface area contributed by atoms with Crippen molar-refractivity contribution in [3.8, 4) is 11.9 Å². The first-order valence-electron chi connectivity index (χ1n) is 3.11. The standard InChI is InChI=1S/C6H4F2N4O/c7-6(8)13-5-3(1-9)12-4(10)2-11-5/h2,6H,(H2,10,12). The lowest BCUT2D eigenvalue weighted by Gasteiger charge is -2.03. The van der Waals surface area contributed by atoms with E-state index in [1.54, 1.807) is 0 Å². The lowest BCUT2D eigenvalue weighted by Crippen LogP contribution is -2.07. The minimum absolute atomic E-state index is 0.0295. The van der Waals surface area contributed by atoms with Crippen LogP contribution in [0.1, 0.15) is 5.69 Å². The van der Waals surface area contributed by atoms with Crippen molar-refractivity contribution in [2.45, 2.75) is 6.61 Å². The van der Waals surface area contributed by atoms with Crippen LogP contribution in [-0.2, 0) is 0 Å². The summed E-state index contributed by atoms with van der Waals surface area (Å²) in [6.07, 6.45) is 1.03. The molecule has 0 saturated heterocycles. The van der Waals surface area contributed by atoms with Gasteiger partial charge in [-0.25, -0.2) is 9.97 Å². The first-order chi connectivity index (χ1) is 6.13. The molecule has 2 N–H and O–H groups in total. The topological polar surface area (TPSA) is 84.8 Å². The molecule has 0 atom stereocenters. The zero-order valence-electron chi connectivity index (χ0n) is 6.24. The lowest BCUT2D eigenvalue weighted by molar-refractivity contribution is -0.0533. The Balaban J connectivity index is 3.01. The van der Waals surface area contributed by atoms with Crippen molar-refractivity contribution < 1.29 is 13.5 Å². The number of nitriles is 1. The van der Waals surface area contributed by atoms with Crippen LogP contribution in [0, 0.1) is 11.3 Å². The highest BCUT2D eigenvalue weighted by atomic mass is 19.3. The van der Waals surface area contributed by atoms with E-state index < -0.39 is 12.5 Å². The van der Waals surface area contributed by atoms with E-state index in [9.17, 15) is 8.78 Å². The van der Waals surface area contributed by atoms with Crippen LogP contribution in [0.15, 0.2) is 6.20 Å². The Bertz CT molecular complexity index is 349. The predicted molar refractivity (Wildman–Crippen MR) is 37.8 cm³/mol. The van der Waals surface area contributed by atoms with E-state index in [1.807, 2.05) is 0 Å². The summed E-state index contributed by atoms with van der Waals surface area (Å²) in [6, 6.07) is 1.53. The fraction of sp³-hybridized carbons (Fsp3) is 0.167. The molecule has 5 nitrogen and oxygen atoms in total. The van der Waals surface area contributed by atoms with Crippen molar-refractivity contribution in [3.63, 3.8) is 0 Å². The molecule has 0 aromatic carbocycles. The molecule has 1 heterocycles. The van der Waals surface area contributed by atoms with Crippen molar-refractivity contribution in [2.75, 3.05) is 5.73 Å². The molecule has 0 bridgehead atoms. The summed E-state index contributed by atoms with van der Waals surface area (Å²) < 4.78 is 27.3. The molecule has 1 rings (SSSR count). The number of hydrogen-bond acceptors (Lipinski definition) is 5. The second kappa shape index (κ2) is 3.62. The number of ether oxygens (including phenoxy) is 1. The maximum Gasteiger partial charge on any atom is 0.388 e. The monoisotopic (exact) mass is 186 g/mol. The molecule has 0 spiro atoms. The molecule has 7 heteroatoms. The molecule has 0 saturated carbocycles. The Hall–Kier alpha value is -1.97. The summed E-state index contributed by atoms with van der Waals surface area (Å²) in [7, 11) is 0. The lowest BCUT2D eigenvalue weighted by atomic mass is 10.4. The van der Waals surface area contributed by atoms with E-state index in [0.717, 1.165) is 6.20 Å². The van der Waals surface area contributed by atoms with Gasteiger partial charge in [-0.2, -0.15) is 14.0 Å². The van der Waals surface area contributed by atoms with Gasteiger partial charge in [0.2, 0.25) is 5.69 Å². The quantitative estimate of drug-likeness (QED) is 0.728. The zero-order chi connectivity index (χ0) is 9.84. The van der Waals surface area contributed by atoms with Crippen molar-refractivity contribution in [1.29, 1.82) is 5.26 Å². The van der Waals surface area contributed by atoms with E-state index in [-0.39, 0.29) is 11.5 Å². The van der Waals surface area contributed by atoms with Gasteiger partial charge in [0.25, 0.3) is 5.88 Å². The molecule has 1 aromatic rings. The average Bonchev–Trinajstić information content (AvgIpc) is 2.07. The molecule has 68 valence electrons. The Labute approximate surface area is 71.8 Å². The summed E-state index contributed by atoms with van der Waals surface area (Å²) in [5.74, 6) is -0.551. The molecule has 0 unspecified atom stereocenters. The van der Waals surface area contributed by atoms with Crippen molar-refractivity contribution >= 4 is 5.82 Å². The van der Waals surface area contributed by atoms with Crippen LogP contribution in [0.4, 0.5) is 14.6 Å². The molecule has 0 aliphatic carbocycles. The molecule has 0 amide bonds. The van der Waals surface area contributed by atoms with Crippen LogP contribution in [0.5, 0.6) is 5.88 Å². The molecule has 0 fully saturated rings. The first-order valence-corrected chi connectivity index (χ1v) is 3.11. The summed E-state index contributed by atoms with van der Waals surface area (Å²) in [6.45, 7) is -3.04. The highest BCUT2D eigenvalue weighted by Gasteiger charge is 2.12. The normalized spacial score (nSPS) is 9.69. The van der Waals surface area contributed by atoms with Crippen LogP contribution in [0.2, 0.25) is 0 Å². The van der Waals surface area contributed by atoms with Crippen molar-refractivity contribution in [1.82, 2.24) is 9.97 Å². The largest absolute Gasteiger partial charge is 0.414 e. The van der Waals surface area contributed by atoms with Gasteiger partial charge in [-0.05, 0) is 0 Å². The van der Waals surface area contributed by atoms with Gasteiger partial charge in [0.05, 0.1) is 6.20 Å². The summed E-state index contributed by atoms with van der Waals surface area (Å²) >= 11 is 0. The number of nitrogens with zero attached hydrogens (tertiary/aromatic N) is 3. The van der Waals surface area contributed by atoms with E-state index in [2.05, 4.69) is 14.7 Å². The molecule has 0 aliphatic heterocycles. The van der Waals surface area contributed by atoms with Crippen LogP contribution in [0.3, 0.4) is 0 Å². The fourth-order valence-electron chi connectivity index (χ4n) is 0.635. The maximum atomic E-state index is 11.7. The number of anilines is 1. The molecular weight excluding hydrogens is 182 g/mol. The Morgan fingerprint density at radius 1 is 1.62 bits per heavy atom. The summed E-state index contributed by atoms with van der Waals surface area (Å²) in [5, 5.41) is 8.42. The minimum atomic E-state index is -3.04. The number of hydrogen-bond donors (Lipinski definition) is 1. The van der Waals surface area contributed by atoms with E-state index >= 15 is 0 Å². The van der Waals surface area contributed by atoms with Gasteiger partial charge in [0.15, 0.2) is 0 Å². The SMILES string of the molecule is N#Cc1nc(N)cnc1OC(F)F. The first kappa shape index (κ1) is 9.12. The van der Waals surface area contributed by atoms with Gasteiger partial charge < -0.3 is 10.5 Å². The zero-order valence-corrected chi connectivity index (χ0v) is 6.24. The van der Waals surface area contributed by atoms with Gasteiger partial charge in [0.1, 0.15) is 11.9 Å². The maximum absolute atomic E-state index is 11.7. The molecule has 0 aliphatic rings. The van der Waals surface area contributed by atoms with Crippen molar-refractivity contribution in [2.24, 2.45) is 0 Å². The van der Waals surface area contributed by atoms with Gasteiger partial charge in [-0.3, -0.25) is 0 Å². The number of rotatable bonds is 2. The average molecular weight is 186 g/mol. The fourth-order valence-corrected chi connectivity index (χ4v) is 0.635. The second-order valence-electron chi connectivity index (χ2n) is 1.94. The molecule has 1 aromatic heterocycles. The van der Waals surface area contributed by atoms with Gasteiger partial charge >= 0.3 is 6.61 Å². The van der Waals surface area contributed by atoms with Gasteiger partial charge in [-0.15, -0.1) is 0 Å². The van der Waals surface area contributed by atoms with Gasteiger partial charge in [0, 0.05) is 0 Å². The number of alkyl halides is 2. The smallest absolute Gasteiger partial charge is 0.388 e. The van der Waals surface area contributed by atoms with Crippen molar-refractivity contribution in [3.05, 3.63) is 11.9 Å². The third-order valence-electron chi connectivity index (χ3n) is 1.06. The number of nitrogen functional groups attached to an aromatic ring is 1. The van der Waals surface area contributed by atoms with E-state index in [0.29, 0.717) is 0 Å². The number of aromatic nitrogens is 2. The van der Waals surface area contributed by atoms with E-state index in [1.165, 1.54) is 6.07 Å². The molecular formula is C6H4F2N4O. The van der Waals surface area contributed by atoms with Gasteiger partial charge in [-0.1, -0.05) is 0 Å². The second-order valence-corrected chi connectivity index (χ2v) is 1.94. The van der Waals surface area contributed by atoms with E-state index in [4.69, 9.17) is 11.0 Å². The molecule has 0 radical (unpaired) electrons.